The largest absolute Gasteiger partial charge is 0.453 e. The SMILES string of the molecule is Nn1c(=O)cnn(-c2cc(Cl)c(Oc3c[nH]c(=O)c(C4CCC4)c3)c(Cl)c2)c1=O. The number of benzene rings is 1. The average Bonchev–Trinajstić information content (AvgIpc) is 2.64. The molecule has 150 valence electrons. The zero-order chi connectivity index (χ0) is 20.7. The highest BCUT2D eigenvalue weighted by Crippen LogP contribution is 2.39. The van der Waals surface area contributed by atoms with Crippen LogP contribution in [0.2, 0.25) is 10.0 Å². The molecule has 0 bridgehead atoms. The van der Waals surface area contributed by atoms with Gasteiger partial charge < -0.3 is 15.6 Å². The number of pyridine rings is 1. The Hall–Kier alpha value is -3.04. The Kier molecular flexibility index (Phi) is 4.93. The van der Waals surface area contributed by atoms with Crippen LogP contribution in [0.15, 0.2) is 45.0 Å². The summed E-state index contributed by atoms with van der Waals surface area (Å²) in [6, 6.07) is 4.49. The van der Waals surface area contributed by atoms with E-state index >= 15 is 0 Å². The van der Waals surface area contributed by atoms with Crippen molar-refractivity contribution >= 4 is 23.2 Å². The van der Waals surface area contributed by atoms with Gasteiger partial charge in [-0.2, -0.15) is 14.5 Å². The monoisotopic (exact) mass is 435 g/mol. The number of nitrogens with one attached hydrogen (secondary N) is 1. The summed E-state index contributed by atoms with van der Waals surface area (Å²) >= 11 is 12.6. The number of ether oxygens (including phenoxy) is 1. The van der Waals surface area contributed by atoms with Crippen LogP contribution in [0, 0.1) is 0 Å². The lowest BCUT2D eigenvalue weighted by Crippen LogP contribution is -2.44. The summed E-state index contributed by atoms with van der Waals surface area (Å²) in [6.07, 6.45) is 5.36. The van der Waals surface area contributed by atoms with Gasteiger partial charge in [0.25, 0.3) is 11.1 Å². The van der Waals surface area contributed by atoms with E-state index < -0.39 is 11.2 Å². The van der Waals surface area contributed by atoms with Gasteiger partial charge in [-0.05, 0) is 37.0 Å². The van der Waals surface area contributed by atoms with E-state index in [2.05, 4.69) is 10.1 Å². The van der Waals surface area contributed by atoms with Gasteiger partial charge in [0.15, 0.2) is 5.75 Å². The number of halogens is 2. The quantitative estimate of drug-likeness (QED) is 0.604. The van der Waals surface area contributed by atoms with Crippen LogP contribution in [0.3, 0.4) is 0 Å². The number of nitrogens with zero attached hydrogens (tertiary/aromatic N) is 3. The van der Waals surface area contributed by atoms with Gasteiger partial charge in [0, 0.05) is 11.8 Å². The van der Waals surface area contributed by atoms with Gasteiger partial charge in [0.05, 0.1) is 15.7 Å². The number of nitrogen functional groups attached to an aromatic ring is 1. The minimum absolute atomic E-state index is 0.104. The predicted octanol–water partition coefficient (Wildman–Crippen LogP) is 2.16. The molecule has 0 atom stereocenters. The van der Waals surface area contributed by atoms with Crippen molar-refractivity contribution < 1.29 is 4.74 Å². The van der Waals surface area contributed by atoms with Crippen LogP contribution in [0.5, 0.6) is 11.5 Å². The van der Waals surface area contributed by atoms with E-state index in [1.807, 2.05) is 0 Å². The van der Waals surface area contributed by atoms with Gasteiger partial charge in [-0.3, -0.25) is 9.59 Å². The van der Waals surface area contributed by atoms with Crippen LogP contribution in [0.4, 0.5) is 0 Å². The van der Waals surface area contributed by atoms with Crippen LogP contribution < -0.4 is 27.4 Å². The van der Waals surface area contributed by atoms with Crippen molar-refractivity contribution in [3.63, 3.8) is 0 Å². The van der Waals surface area contributed by atoms with Gasteiger partial charge in [0.2, 0.25) is 0 Å². The van der Waals surface area contributed by atoms with E-state index in [4.69, 9.17) is 33.8 Å². The molecule has 1 saturated carbocycles. The highest BCUT2D eigenvalue weighted by atomic mass is 35.5. The number of rotatable bonds is 4. The molecule has 2 heterocycles. The Balaban J connectivity index is 1.70. The normalized spacial score (nSPS) is 13.9. The minimum Gasteiger partial charge on any atom is -0.453 e. The maximum absolute atomic E-state index is 12.1. The van der Waals surface area contributed by atoms with E-state index in [1.165, 1.54) is 18.3 Å². The summed E-state index contributed by atoms with van der Waals surface area (Å²) < 4.78 is 7.10. The molecule has 3 N–H and O–H groups in total. The summed E-state index contributed by atoms with van der Waals surface area (Å²) in [5.41, 5.74) is -0.878. The number of nitrogens with two attached hydrogens (primary N) is 1. The molecule has 2 aromatic heterocycles. The maximum Gasteiger partial charge on any atom is 0.370 e. The van der Waals surface area contributed by atoms with Gasteiger partial charge in [-0.1, -0.05) is 29.6 Å². The van der Waals surface area contributed by atoms with E-state index in [9.17, 15) is 14.4 Å². The second kappa shape index (κ2) is 7.41. The first kappa shape index (κ1) is 19.3. The van der Waals surface area contributed by atoms with Crippen molar-refractivity contribution in [3.05, 3.63) is 77.4 Å². The number of aromatic nitrogens is 4. The molecule has 0 unspecified atom stereocenters. The van der Waals surface area contributed by atoms with Crippen molar-refractivity contribution in [1.82, 2.24) is 19.4 Å². The Labute approximate surface area is 173 Å². The summed E-state index contributed by atoms with van der Waals surface area (Å²) in [4.78, 5) is 38.3. The molecular weight excluding hydrogens is 421 g/mol. The molecule has 11 heteroatoms. The predicted molar refractivity (Wildman–Crippen MR) is 108 cm³/mol. The lowest BCUT2D eigenvalue weighted by Gasteiger charge is -2.25. The molecule has 0 aliphatic heterocycles. The van der Waals surface area contributed by atoms with Crippen LogP contribution in [-0.2, 0) is 0 Å². The average molecular weight is 436 g/mol. The van der Waals surface area contributed by atoms with Gasteiger partial charge in [-0.15, -0.1) is 0 Å². The summed E-state index contributed by atoms with van der Waals surface area (Å²) in [5, 5.41) is 3.96. The first-order chi connectivity index (χ1) is 13.8. The first-order valence-corrected chi connectivity index (χ1v) is 9.47. The number of hydrogen-bond donors (Lipinski definition) is 2. The lowest BCUT2D eigenvalue weighted by molar-refractivity contribution is 0.412. The third-order valence-electron chi connectivity index (χ3n) is 4.81. The summed E-state index contributed by atoms with van der Waals surface area (Å²) in [7, 11) is 0. The molecule has 0 saturated heterocycles. The molecule has 3 aromatic rings. The zero-order valence-electron chi connectivity index (χ0n) is 14.9. The maximum atomic E-state index is 12.1. The molecule has 1 aromatic carbocycles. The summed E-state index contributed by atoms with van der Waals surface area (Å²) in [6.45, 7) is 0. The summed E-state index contributed by atoms with van der Waals surface area (Å²) in [5.74, 6) is 6.16. The van der Waals surface area contributed by atoms with Crippen LogP contribution in [0.25, 0.3) is 5.69 Å². The van der Waals surface area contributed by atoms with Crippen LogP contribution in [0.1, 0.15) is 30.7 Å². The fourth-order valence-electron chi connectivity index (χ4n) is 3.04. The Morgan fingerprint density at radius 1 is 1.14 bits per heavy atom. The highest BCUT2D eigenvalue weighted by molar-refractivity contribution is 6.37. The van der Waals surface area contributed by atoms with Gasteiger partial charge in [0.1, 0.15) is 11.9 Å². The van der Waals surface area contributed by atoms with Crippen molar-refractivity contribution in [1.29, 1.82) is 0 Å². The van der Waals surface area contributed by atoms with E-state index in [0.717, 1.165) is 30.1 Å². The molecule has 0 amide bonds. The smallest absolute Gasteiger partial charge is 0.370 e. The molecule has 0 radical (unpaired) electrons. The molecule has 29 heavy (non-hydrogen) atoms. The fourth-order valence-corrected chi connectivity index (χ4v) is 3.59. The number of H-pyrrole nitrogens is 1. The zero-order valence-corrected chi connectivity index (χ0v) is 16.4. The topological polar surface area (TPSA) is 125 Å². The van der Waals surface area contributed by atoms with Crippen molar-refractivity contribution in [2.24, 2.45) is 0 Å². The second-order valence-corrected chi connectivity index (χ2v) is 7.45. The molecule has 1 fully saturated rings. The van der Waals surface area contributed by atoms with Gasteiger partial charge >= 0.3 is 5.69 Å². The van der Waals surface area contributed by atoms with Crippen molar-refractivity contribution in [3.8, 4) is 17.2 Å². The highest BCUT2D eigenvalue weighted by Gasteiger charge is 2.23. The molecular formula is C18H15Cl2N5O4. The van der Waals surface area contributed by atoms with Crippen LogP contribution >= 0.6 is 23.2 Å². The van der Waals surface area contributed by atoms with E-state index in [1.54, 1.807) is 6.07 Å². The van der Waals surface area contributed by atoms with Crippen molar-refractivity contribution in [2.75, 3.05) is 5.84 Å². The van der Waals surface area contributed by atoms with Crippen molar-refractivity contribution in [2.45, 2.75) is 25.2 Å². The molecule has 1 aliphatic rings. The first-order valence-electron chi connectivity index (χ1n) is 8.71. The molecule has 0 spiro atoms. The van der Waals surface area contributed by atoms with E-state index in [-0.39, 0.29) is 33.0 Å². The van der Waals surface area contributed by atoms with Crippen LogP contribution in [-0.4, -0.2) is 19.4 Å². The third-order valence-corrected chi connectivity index (χ3v) is 5.37. The third kappa shape index (κ3) is 3.54. The number of hydrogen-bond acceptors (Lipinski definition) is 6. The van der Waals surface area contributed by atoms with E-state index in [0.29, 0.717) is 16.0 Å². The Bertz CT molecular complexity index is 1250. The van der Waals surface area contributed by atoms with Gasteiger partial charge in [-0.25, -0.2) is 4.79 Å². The fraction of sp³-hybridized carbons (Fsp3) is 0.222. The molecule has 1 aliphatic carbocycles. The minimum atomic E-state index is -0.857. The Morgan fingerprint density at radius 2 is 1.83 bits per heavy atom. The Morgan fingerprint density at radius 3 is 2.45 bits per heavy atom. The molecule has 9 nitrogen and oxygen atoms in total. The molecule has 4 rings (SSSR count). The lowest BCUT2D eigenvalue weighted by atomic mass is 9.80. The standard InChI is InChI=1S/C18H15Cl2N5O4/c19-13-4-10(25-18(28)24(21)15(26)8-23-25)5-14(20)16(13)29-11-6-12(9-2-1-3-9)17(27)22-7-11/h4-9H,1-3,21H2,(H,22,27). The second-order valence-electron chi connectivity index (χ2n) is 6.64. The number of aromatic amines is 1.